The Kier molecular flexibility index (Phi) is 6.60. The molecule has 11 heteroatoms. The molecule has 0 N–H and O–H groups in total. The number of methoxy groups -OCH3 is 1. The number of rotatable bonds is 6. The number of non-ortho nitro benzene ring substituents is 1. The summed E-state index contributed by atoms with van der Waals surface area (Å²) in [5, 5.41) is 11.0. The van der Waals surface area contributed by atoms with E-state index in [9.17, 15) is 28.1 Å². The minimum atomic E-state index is -3.86. The third-order valence-corrected chi connectivity index (χ3v) is 5.86. The Morgan fingerprint density at radius 3 is 2.43 bits per heavy atom. The summed E-state index contributed by atoms with van der Waals surface area (Å²) in [6.45, 7) is 1.77. The van der Waals surface area contributed by atoms with E-state index in [1.54, 1.807) is 6.92 Å². The maximum atomic E-state index is 12.7. The van der Waals surface area contributed by atoms with Crippen LogP contribution in [-0.4, -0.2) is 63.1 Å². The number of nitro benzene ring substituents is 1. The van der Waals surface area contributed by atoms with Crippen LogP contribution in [0, 0.1) is 23.0 Å². The van der Waals surface area contributed by atoms with E-state index >= 15 is 0 Å². The zero-order valence-electron chi connectivity index (χ0n) is 16.0. The topological polar surface area (TPSA) is 127 Å². The number of hydrogen-bond acceptors (Lipinski definition) is 7. The number of carbonyl (C=O) groups excluding carboxylic acids is 2. The molecule has 1 aliphatic heterocycles. The summed E-state index contributed by atoms with van der Waals surface area (Å²) in [7, 11) is -2.54. The number of sulfonamides is 1. The van der Waals surface area contributed by atoms with Gasteiger partial charge in [-0.25, -0.2) is 8.42 Å². The second-order valence-corrected chi connectivity index (χ2v) is 8.58. The van der Waals surface area contributed by atoms with E-state index in [1.807, 2.05) is 0 Å². The first kappa shape index (κ1) is 21.6. The first-order chi connectivity index (χ1) is 13.0. The lowest BCUT2D eigenvalue weighted by Gasteiger charge is -2.32. The average Bonchev–Trinajstić information content (AvgIpc) is 2.65. The standard InChI is InChI=1S/C17H23N3O7S/c1-12-4-5-14(20(23)24)10-15(12)19(28(3,25)26)11-16(21)18-8-6-13(7-9-18)17(22)27-2/h4-5,10,13H,6-9,11H2,1-3H3. The molecule has 1 saturated heterocycles. The van der Waals surface area contributed by atoms with Gasteiger partial charge in [0, 0.05) is 25.2 Å². The largest absolute Gasteiger partial charge is 0.469 e. The first-order valence-electron chi connectivity index (χ1n) is 8.63. The van der Waals surface area contributed by atoms with Gasteiger partial charge in [-0.05, 0) is 25.3 Å². The summed E-state index contributed by atoms with van der Waals surface area (Å²) in [6.07, 6.45) is 1.82. The monoisotopic (exact) mass is 413 g/mol. The fourth-order valence-corrected chi connectivity index (χ4v) is 4.01. The molecule has 1 amide bonds. The second-order valence-electron chi connectivity index (χ2n) is 6.68. The van der Waals surface area contributed by atoms with Crippen molar-refractivity contribution in [2.45, 2.75) is 19.8 Å². The number of benzene rings is 1. The second kappa shape index (κ2) is 8.55. The summed E-state index contributed by atoms with van der Waals surface area (Å²) >= 11 is 0. The Bertz CT molecular complexity index is 877. The highest BCUT2D eigenvalue weighted by molar-refractivity contribution is 7.92. The SMILES string of the molecule is COC(=O)C1CCN(C(=O)CN(c2cc([N+](=O)[O-])ccc2C)S(C)(=O)=O)CC1. The van der Waals surface area contributed by atoms with E-state index in [-0.39, 0.29) is 23.3 Å². The maximum absolute atomic E-state index is 12.7. The van der Waals surface area contributed by atoms with Crippen LogP contribution in [-0.2, 0) is 24.3 Å². The van der Waals surface area contributed by atoms with Crippen LogP contribution in [0.4, 0.5) is 11.4 Å². The number of nitrogens with zero attached hydrogens (tertiary/aromatic N) is 3. The highest BCUT2D eigenvalue weighted by Gasteiger charge is 2.31. The quantitative estimate of drug-likeness (QED) is 0.388. The number of ether oxygens (including phenoxy) is 1. The van der Waals surface area contributed by atoms with Gasteiger partial charge in [0.25, 0.3) is 5.69 Å². The predicted octanol–water partition coefficient (Wildman–Crippen LogP) is 1.08. The molecular weight excluding hydrogens is 390 g/mol. The third-order valence-electron chi connectivity index (χ3n) is 4.73. The van der Waals surface area contributed by atoms with Crippen molar-refractivity contribution in [2.75, 3.05) is 37.3 Å². The number of piperidine rings is 1. The summed E-state index contributed by atoms with van der Waals surface area (Å²) in [6, 6.07) is 3.86. The number of nitro groups is 1. The molecule has 28 heavy (non-hydrogen) atoms. The van der Waals surface area contributed by atoms with Crippen molar-refractivity contribution in [2.24, 2.45) is 5.92 Å². The number of anilines is 1. The van der Waals surface area contributed by atoms with Crippen LogP contribution in [0.3, 0.4) is 0 Å². The van der Waals surface area contributed by atoms with Crippen molar-refractivity contribution < 1.29 is 27.7 Å². The van der Waals surface area contributed by atoms with Gasteiger partial charge in [-0.3, -0.25) is 24.0 Å². The zero-order chi connectivity index (χ0) is 21.1. The Balaban J connectivity index is 2.21. The number of likely N-dealkylation sites (tertiary alicyclic amines) is 1. The summed E-state index contributed by atoms with van der Waals surface area (Å²) in [5.41, 5.74) is 0.323. The molecule has 2 rings (SSSR count). The summed E-state index contributed by atoms with van der Waals surface area (Å²) in [5.74, 6) is -1.03. The maximum Gasteiger partial charge on any atom is 0.308 e. The molecule has 0 aliphatic carbocycles. The Labute approximate surface area is 163 Å². The summed E-state index contributed by atoms with van der Waals surface area (Å²) in [4.78, 5) is 36.2. The molecule has 1 fully saturated rings. The molecule has 1 heterocycles. The molecule has 0 radical (unpaired) electrons. The van der Waals surface area contributed by atoms with Gasteiger partial charge in [-0.2, -0.15) is 0 Å². The first-order valence-corrected chi connectivity index (χ1v) is 10.5. The lowest BCUT2D eigenvalue weighted by atomic mass is 9.97. The Hall–Kier alpha value is -2.69. The molecule has 154 valence electrons. The van der Waals surface area contributed by atoms with Crippen LogP contribution in [0.25, 0.3) is 0 Å². The zero-order valence-corrected chi connectivity index (χ0v) is 16.8. The highest BCUT2D eigenvalue weighted by atomic mass is 32.2. The molecule has 10 nitrogen and oxygen atoms in total. The normalized spacial score (nSPS) is 15.2. The van der Waals surface area contributed by atoms with Gasteiger partial charge in [0.15, 0.2) is 0 Å². The van der Waals surface area contributed by atoms with Gasteiger partial charge in [0.05, 0.1) is 29.9 Å². The molecule has 0 atom stereocenters. The molecule has 1 aromatic rings. The summed E-state index contributed by atoms with van der Waals surface area (Å²) < 4.78 is 30.2. The predicted molar refractivity (Wildman–Crippen MR) is 101 cm³/mol. The van der Waals surface area contributed by atoms with Gasteiger partial charge >= 0.3 is 5.97 Å². The highest BCUT2D eigenvalue weighted by Crippen LogP contribution is 2.28. The molecule has 0 aromatic heterocycles. The molecule has 1 aliphatic rings. The van der Waals surface area contributed by atoms with Crippen molar-refractivity contribution in [3.05, 3.63) is 33.9 Å². The fourth-order valence-electron chi connectivity index (χ4n) is 3.12. The molecule has 0 unspecified atom stereocenters. The van der Waals surface area contributed by atoms with E-state index < -0.39 is 27.4 Å². The number of esters is 1. The Morgan fingerprint density at radius 2 is 1.93 bits per heavy atom. The van der Waals surface area contributed by atoms with Crippen molar-refractivity contribution in [1.82, 2.24) is 4.90 Å². The fraction of sp³-hybridized carbons (Fsp3) is 0.529. The van der Waals surface area contributed by atoms with Gasteiger partial charge in [-0.1, -0.05) is 6.07 Å². The smallest absolute Gasteiger partial charge is 0.308 e. The molecule has 0 saturated carbocycles. The minimum Gasteiger partial charge on any atom is -0.469 e. The Morgan fingerprint density at radius 1 is 1.32 bits per heavy atom. The molecule has 1 aromatic carbocycles. The number of carbonyl (C=O) groups is 2. The van der Waals surface area contributed by atoms with E-state index in [4.69, 9.17) is 4.74 Å². The lowest BCUT2D eigenvalue weighted by Crippen LogP contribution is -2.46. The van der Waals surface area contributed by atoms with Crippen molar-refractivity contribution in [3.8, 4) is 0 Å². The van der Waals surface area contributed by atoms with Gasteiger partial charge in [-0.15, -0.1) is 0 Å². The third kappa shape index (κ3) is 4.97. The van der Waals surface area contributed by atoms with Crippen LogP contribution < -0.4 is 4.31 Å². The van der Waals surface area contributed by atoms with Gasteiger partial charge in [0.1, 0.15) is 6.54 Å². The van der Waals surface area contributed by atoms with Crippen LogP contribution >= 0.6 is 0 Å². The lowest BCUT2D eigenvalue weighted by molar-refractivity contribution is -0.384. The van der Waals surface area contributed by atoms with Crippen molar-refractivity contribution in [3.63, 3.8) is 0 Å². The number of amides is 1. The van der Waals surface area contributed by atoms with Crippen molar-refractivity contribution >= 4 is 33.3 Å². The minimum absolute atomic E-state index is 0.0921. The molecule has 0 bridgehead atoms. The van der Waals surface area contributed by atoms with Crippen LogP contribution in [0.15, 0.2) is 18.2 Å². The number of hydrogen-bond donors (Lipinski definition) is 0. The molecular formula is C17H23N3O7S. The van der Waals surface area contributed by atoms with Crippen LogP contribution in [0.2, 0.25) is 0 Å². The van der Waals surface area contributed by atoms with E-state index in [1.165, 1.54) is 24.1 Å². The van der Waals surface area contributed by atoms with Crippen LogP contribution in [0.5, 0.6) is 0 Å². The van der Waals surface area contributed by atoms with E-state index in [0.717, 1.165) is 16.6 Å². The van der Waals surface area contributed by atoms with E-state index in [0.29, 0.717) is 31.5 Å². The number of aryl methyl sites for hydroxylation is 1. The average molecular weight is 413 g/mol. The van der Waals surface area contributed by atoms with E-state index in [2.05, 4.69) is 0 Å². The van der Waals surface area contributed by atoms with Crippen LogP contribution in [0.1, 0.15) is 18.4 Å². The van der Waals surface area contributed by atoms with Gasteiger partial charge < -0.3 is 9.64 Å². The van der Waals surface area contributed by atoms with Crippen molar-refractivity contribution in [1.29, 1.82) is 0 Å². The molecule has 0 spiro atoms. The van der Waals surface area contributed by atoms with Gasteiger partial charge in [0.2, 0.25) is 15.9 Å².